The number of benzene rings is 2. The molecule has 8 heteroatoms. The minimum Gasteiger partial charge on any atom is -0.309 e. The molecule has 2 aromatic carbocycles. The number of hydrogen-bond donors (Lipinski definition) is 1. The Morgan fingerprint density at radius 2 is 1.81 bits per heavy atom. The van der Waals surface area contributed by atoms with E-state index in [-0.39, 0.29) is 26.5 Å². The summed E-state index contributed by atoms with van der Waals surface area (Å²) in [5.74, 6) is -0.397. The number of hydrogen-bond acceptors (Lipinski definition) is 3. The van der Waals surface area contributed by atoms with Gasteiger partial charge in [-0.2, -0.15) is 0 Å². The first kappa shape index (κ1) is 21.7. The number of amides is 1. The summed E-state index contributed by atoms with van der Waals surface area (Å²) < 4.78 is 27.5. The maximum atomic E-state index is 13.1. The topological polar surface area (TPSA) is 66.5 Å². The molecule has 5 nitrogen and oxygen atoms in total. The van der Waals surface area contributed by atoms with E-state index in [4.69, 9.17) is 23.2 Å². The van der Waals surface area contributed by atoms with Crippen LogP contribution in [0.5, 0.6) is 0 Å². The van der Waals surface area contributed by atoms with Crippen molar-refractivity contribution in [1.82, 2.24) is 4.72 Å². The number of halogens is 2. The summed E-state index contributed by atoms with van der Waals surface area (Å²) in [6.07, 6.45) is 0. The molecule has 0 fully saturated rings. The third kappa shape index (κ3) is 5.02. The van der Waals surface area contributed by atoms with E-state index < -0.39 is 15.9 Å². The van der Waals surface area contributed by atoms with Gasteiger partial charge >= 0.3 is 0 Å². The lowest BCUT2D eigenvalue weighted by molar-refractivity contribution is 0.0988. The lowest BCUT2D eigenvalue weighted by atomic mass is 10.1. The van der Waals surface area contributed by atoms with Gasteiger partial charge in [-0.05, 0) is 57.5 Å². The Hall–Kier alpha value is -1.60. The minimum atomic E-state index is -3.88. The Balaban J connectivity index is 2.54. The zero-order valence-electron chi connectivity index (χ0n) is 15.6. The SMILES string of the molecule is CCN(C(=O)c1cc(S(=O)(=O)NC(C)C)c(Cl)cc1Cl)c1cccc(C)c1. The first-order valence-electron chi connectivity index (χ1n) is 8.46. The second-order valence-electron chi connectivity index (χ2n) is 6.43. The summed E-state index contributed by atoms with van der Waals surface area (Å²) >= 11 is 12.3. The molecule has 2 aromatic rings. The fraction of sp³-hybridized carbons (Fsp3) is 0.316. The quantitative estimate of drug-likeness (QED) is 0.727. The average molecular weight is 429 g/mol. The van der Waals surface area contributed by atoms with E-state index in [2.05, 4.69) is 4.72 Å². The number of anilines is 1. The van der Waals surface area contributed by atoms with Crippen LogP contribution < -0.4 is 9.62 Å². The van der Waals surface area contributed by atoms with Crippen LogP contribution in [-0.4, -0.2) is 26.9 Å². The summed E-state index contributed by atoms with van der Waals surface area (Å²) in [4.78, 5) is 14.5. The molecule has 0 radical (unpaired) electrons. The van der Waals surface area contributed by atoms with Crippen LogP contribution in [0.2, 0.25) is 10.0 Å². The molecule has 0 aliphatic rings. The van der Waals surface area contributed by atoms with E-state index in [0.29, 0.717) is 12.2 Å². The Labute approximate surface area is 170 Å². The van der Waals surface area contributed by atoms with E-state index >= 15 is 0 Å². The van der Waals surface area contributed by atoms with E-state index in [1.165, 1.54) is 17.0 Å². The number of rotatable bonds is 6. The number of carbonyl (C=O) groups is 1. The van der Waals surface area contributed by atoms with Crippen LogP contribution in [0.3, 0.4) is 0 Å². The van der Waals surface area contributed by atoms with Crippen LogP contribution in [0.4, 0.5) is 5.69 Å². The molecule has 146 valence electrons. The zero-order chi connectivity index (χ0) is 20.4. The summed E-state index contributed by atoms with van der Waals surface area (Å²) in [5.41, 5.74) is 1.79. The van der Waals surface area contributed by atoms with Gasteiger partial charge in [0.05, 0.1) is 15.6 Å². The molecule has 0 aliphatic heterocycles. The van der Waals surface area contributed by atoms with E-state index in [1.807, 2.05) is 38.1 Å². The van der Waals surface area contributed by atoms with Crippen molar-refractivity contribution in [3.05, 3.63) is 57.6 Å². The average Bonchev–Trinajstić information content (AvgIpc) is 2.54. The Bertz CT molecular complexity index is 959. The van der Waals surface area contributed by atoms with Crippen LogP contribution >= 0.6 is 23.2 Å². The lowest BCUT2D eigenvalue weighted by Crippen LogP contribution is -2.32. The second-order valence-corrected chi connectivity index (χ2v) is 8.92. The van der Waals surface area contributed by atoms with Crippen LogP contribution in [0.1, 0.15) is 36.7 Å². The number of nitrogens with zero attached hydrogens (tertiary/aromatic N) is 1. The minimum absolute atomic E-state index is 0.0386. The Kier molecular flexibility index (Phi) is 6.92. The van der Waals surface area contributed by atoms with Crippen LogP contribution in [0, 0.1) is 6.92 Å². The van der Waals surface area contributed by atoms with Crippen molar-refractivity contribution in [2.75, 3.05) is 11.4 Å². The highest BCUT2D eigenvalue weighted by molar-refractivity contribution is 7.89. The molecule has 0 aliphatic carbocycles. The summed E-state index contributed by atoms with van der Waals surface area (Å²) in [6, 6.07) is 9.68. The fourth-order valence-corrected chi connectivity index (χ4v) is 4.76. The number of nitrogens with one attached hydrogen (secondary N) is 1. The lowest BCUT2D eigenvalue weighted by Gasteiger charge is -2.23. The summed E-state index contributed by atoms with van der Waals surface area (Å²) in [5, 5.41) is 0.0582. The molecule has 1 amide bonds. The van der Waals surface area contributed by atoms with Crippen LogP contribution in [0.15, 0.2) is 41.3 Å². The number of sulfonamides is 1. The van der Waals surface area contributed by atoms with Crippen molar-refractivity contribution in [1.29, 1.82) is 0 Å². The summed E-state index contributed by atoms with van der Waals surface area (Å²) in [6.45, 7) is 7.56. The standard InChI is InChI=1S/C19H22Cl2N2O3S/c1-5-23(14-8-6-7-13(4)9-14)19(24)15-10-18(17(21)11-16(15)20)27(25,26)22-12(2)3/h6-12,22H,5H2,1-4H3. The third-order valence-electron chi connectivity index (χ3n) is 3.81. The smallest absolute Gasteiger partial charge is 0.259 e. The van der Waals surface area contributed by atoms with Gasteiger partial charge in [-0.25, -0.2) is 13.1 Å². The monoisotopic (exact) mass is 428 g/mol. The van der Waals surface area contributed by atoms with Gasteiger partial charge in [-0.1, -0.05) is 35.3 Å². The van der Waals surface area contributed by atoms with E-state index in [0.717, 1.165) is 5.56 Å². The van der Waals surface area contributed by atoms with Gasteiger partial charge in [0.15, 0.2) is 0 Å². The molecule has 0 atom stereocenters. The Morgan fingerprint density at radius 1 is 1.15 bits per heavy atom. The van der Waals surface area contributed by atoms with Gasteiger partial charge in [-0.15, -0.1) is 0 Å². The van der Waals surface area contributed by atoms with Crippen molar-refractivity contribution in [3.63, 3.8) is 0 Å². The molecular weight excluding hydrogens is 407 g/mol. The molecule has 0 aromatic heterocycles. The number of aryl methyl sites for hydroxylation is 1. The molecule has 0 saturated heterocycles. The first-order valence-corrected chi connectivity index (χ1v) is 10.7. The predicted octanol–water partition coefficient (Wildman–Crippen LogP) is 4.66. The van der Waals surface area contributed by atoms with Crippen LogP contribution in [-0.2, 0) is 10.0 Å². The maximum absolute atomic E-state index is 13.1. The molecule has 27 heavy (non-hydrogen) atoms. The van der Waals surface area contributed by atoms with Gasteiger partial charge in [0, 0.05) is 18.3 Å². The van der Waals surface area contributed by atoms with Gasteiger partial charge < -0.3 is 4.90 Å². The molecule has 1 N–H and O–H groups in total. The molecule has 0 unspecified atom stereocenters. The third-order valence-corrected chi connectivity index (χ3v) is 6.24. The van der Waals surface area contributed by atoms with Crippen molar-refractivity contribution in [2.24, 2.45) is 0 Å². The highest BCUT2D eigenvalue weighted by atomic mass is 35.5. The van der Waals surface area contributed by atoms with Crippen molar-refractivity contribution in [2.45, 2.75) is 38.6 Å². The molecular formula is C19H22Cl2N2O3S. The largest absolute Gasteiger partial charge is 0.309 e. The van der Waals surface area contributed by atoms with Gasteiger partial charge in [-0.3, -0.25) is 4.79 Å². The molecule has 0 spiro atoms. The predicted molar refractivity (Wildman–Crippen MR) is 110 cm³/mol. The van der Waals surface area contributed by atoms with Gasteiger partial charge in [0.25, 0.3) is 5.91 Å². The van der Waals surface area contributed by atoms with Crippen molar-refractivity contribution < 1.29 is 13.2 Å². The highest BCUT2D eigenvalue weighted by Gasteiger charge is 2.25. The first-order chi connectivity index (χ1) is 12.6. The van der Waals surface area contributed by atoms with Crippen molar-refractivity contribution in [3.8, 4) is 0 Å². The van der Waals surface area contributed by atoms with E-state index in [9.17, 15) is 13.2 Å². The molecule has 0 saturated carbocycles. The maximum Gasteiger partial charge on any atom is 0.259 e. The number of carbonyl (C=O) groups excluding carboxylic acids is 1. The fourth-order valence-electron chi connectivity index (χ4n) is 2.66. The van der Waals surface area contributed by atoms with Crippen LogP contribution in [0.25, 0.3) is 0 Å². The summed E-state index contributed by atoms with van der Waals surface area (Å²) in [7, 11) is -3.88. The Morgan fingerprint density at radius 3 is 2.37 bits per heavy atom. The zero-order valence-corrected chi connectivity index (χ0v) is 17.9. The highest BCUT2D eigenvalue weighted by Crippen LogP contribution is 2.30. The molecule has 0 bridgehead atoms. The second kappa shape index (κ2) is 8.61. The van der Waals surface area contributed by atoms with Gasteiger partial charge in [0.2, 0.25) is 10.0 Å². The van der Waals surface area contributed by atoms with Gasteiger partial charge in [0.1, 0.15) is 4.90 Å². The van der Waals surface area contributed by atoms with E-state index in [1.54, 1.807) is 13.8 Å². The molecule has 0 heterocycles. The molecule has 2 rings (SSSR count). The normalized spacial score (nSPS) is 11.7. The van der Waals surface area contributed by atoms with Crippen molar-refractivity contribution >= 4 is 44.8 Å².